The van der Waals surface area contributed by atoms with Crippen molar-refractivity contribution in [2.75, 3.05) is 6.54 Å². The van der Waals surface area contributed by atoms with Gasteiger partial charge in [-0.1, -0.05) is 37.5 Å². The molecule has 0 N–H and O–H groups in total. The predicted molar refractivity (Wildman–Crippen MR) is 95.9 cm³/mol. The molecular formula is C20H25N3O. The van der Waals surface area contributed by atoms with Gasteiger partial charge in [-0.2, -0.15) is 0 Å². The first-order valence-corrected chi connectivity index (χ1v) is 9.13. The van der Waals surface area contributed by atoms with E-state index in [2.05, 4.69) is 22.1 Å². The predicted octanol–water partition coefficient (Wildman–Crippen LogP) is 3.87. The highest BCUT2D eigenvalue weighted by atomic mass is 16.2. The second-order valence-electron chi connectivity index (χ2n) is 7.10. The highest BCUT2D eigenvalue weighted by Gasteiger charge is 2.37. The molecule has 126 valence electrons. The van der Waals surface area contributed by atoms with Crippen molar-refractivity contribution in [1.29, 1.82) is 0 Å². The fourth-order valence-electron chi connectivity index (χ4n) is 4.38. The molecule has 0 radical (unpaired) electrons. The number of rotatable bonds is 4. The zero-order valence-corrected chi connectivity index (χ0v) is 14.2. The van der Waals surface area contributed by atoms with E-state index < -0.39 is 0 Å². The third kappa shape index (κ3) is 2.64. The smallest absolute Gasteiger partial charge is 0.223 e. The Labute approximate surface area is 143 Å². The molecule has 2 heterocycles. The number of para-hydroxylation sites is 2. The molecule has 4 heteroatoms. The third-order valence-electron chi connectivity index (χ3n) is 5.53. The largest absolute Gasteiger partial charge is 0.339 e. The van der Waals surface area contributed by atoms with E-state index in [1.807, 2.05) is 24.3 Å². The van der Waals surface area contributed by atoms with Gasteiger partial charge in [-0.25, -0.2) is 4.98 Å². The molecule has 1 aromatic carbocycles. The molecule has 0 bridgehead atoms. The summed E-state index contributed by atoms with van der Waals surface area (Å²) in [6.45, 7) is 5.45. The van der Waals surface area contributed by atoms with Crippen molar-refractivity contribution in [1.82, 2.24) is 14.5 Å². The fourth-order valence-corrected chi connectivity index (χ4v) is 4.38. The van der Waals surface area contributed by atoms with E-state index >= 15 is 0 Å². The molecule has 4 nitrogen and oxygen atoms in total. The molecule has 1 saturated carbocycles. The molecule has 2 aromatic rings. The number of aromatic nitrogens is 2. The molecule has 1 unspecified atom stereocenters. The van der Waals surface area contributed by atoms with E-state index in [-0.39, 0.29) is 5.92 Å². The van der Waals surface area contributed by atoms with E-state index in [1.54, 1.807) is 0 Å². The number of hydrogen-bond donors (Lipinski definition) is 0. The van der Waals surface area contributed by atoms with Crippen molar-refractivity contribution in [3.8, 4) is 0 Å². The number of amides is 1. The van der Waals surface area contributed by atoms with Gasteiger partial charge in [0, 0.05) is 31.5 Å². The van der Waals surface area contributed by atoms with Crippen LogP contribution in [0.25, 0.3) is 11.0 Å². The molecule has 4 rings (SSSR count). The Hall–Kier alpha value is -2.10. The molecule has 1 aliphatic heterocycles. The molecule has 1 atom stereocenters. The fraction of sp³-hybridized carbons (Fsp3) is 0.500. The molecular weight excluding hydrogens is 298 g/mol. The molecule has 1 aliphatic carbocycles. The minimum absolute atomic E-state index is 0.201. The average molecular weight is 323 g/mol. The average Bonchev–Trinajstić information content (AvgIpc) is 3.17. The highest BCUT2D eigenvalue weighted by molar-refractivity contribution is 5.81. The summed E-state index contributed by atoms with van der Waals surface area (Å²) in [4.78, 5) is 19.6. The molecule has 1 saturated heterocycles. The quantitative estimate of drug-likeness (QED) is 0.801. The first kappa shape index (κ1) is 15.4. The zero-order valence-electron chi connectivity index (χ0n) is 14.2. The Morgan fingerprint density at radius 2 is 2.00 bits per heavy atom. The number of carbonyl (C=O) groups excluding carboxylic acids is 1. The summed E-state index contributed by atoms with van der Waals surface area (Å²) >= 11 is 0. The summed E-state index contributed by atoms with van der Waals surface area (Å²) in [5, 5.41) is 0. The van der Waals surface area contributed by atoms with E-state index in [9.17, 15) is 4.79 Å². The number of fused-ring (bicyclic) bond motifs is 1. The molecule has 0 spiro atoms. The Bertz CT molecular complexity index is 757. The Balaban J connectivity index is 1.64. The van der Waals surface area contributed by atoms with Crippen LogP contribution in [-0.4, -0.2) is 32.9 Å². The molecule has 1 aromatic heterocycles. The SMILES string of the molecule is C=CCn1c(C2CC(=O)N(C3CCCCC3)C2)nc2ccccc21. The van der Waals surface area contributed by atoms with Crippen LogP contribution in [0.1, 0.15) is 50.3 Å². The van der Waals surface area contributed by atoms with Gasteiger partial charge in [-0.3, -0.25) is 4.79 Å². The van der Waals surface area contributed by atoms with Crippen molar-refractivity contribution in [2.45, 2.75) is 57.0 Å². The zero-order chi connectivity index (χ0) is 16.5. The molecule has 1 amide bonds. The van der Waals surface area contributed by atoms with E-state index in [0.29, 0.717) is 18.4 Å². The minimum Gasteiger partial charge on any atom is -0.339 e. The Kier molecular flexibility index (Phi) is 4.13. The monoisotopic (exact) mass is 323 g/mol. The minimum atomic E-state index is 0.201. The van der Waals surface area contributed by atoms with Gasteiger partial charge >= 0.3 is 0 Å². The summed E-state index contributed by atoms with van der Waals surface area (Å²) in [5.41, 5.74) is 2.15. The van der Waals surface area contributed by atoms with Gasteiger partial charge < -0.3 is 9.47 Å². The van der Waals surface area contributed by atoms with Crippen LogP contribution in [0.5, 0.6) is 0 Å². The van der Waals surface area contributed by atoms with Crippen LogP contribution in [0.3, 0.4) is 0 Å². The Morgan fingerprint density at radius 1 is 1.21 bits per heavy atom. The standard InChI is InChI=1S/C20H25N3O/c1-2-12-22-18-11-7-6-10-17(18)21-20(22)15-13-19(24)23(14-15)16-8-4-3-5-9-16/h2,6-7,10-11,15-16H,1,3-5,8-9,12-14H2. The van der Waals surface area contributed by atoms with Crippen molar-refractivity contribution >= 4 is 16.9 Å². The summed E-state index contributed by atoms with van der Waals surface area (Å²) in [6.07, 6.45) is 8.67. The maximum absolute atomic E-state index is 12.6. The number of hydrogen-bond acceptors (Lipinski definition) is 2. The van der Waals surface area contributed by atoms with Gasteiger partial charge in [-0.15, -0.1) is 6.58 Å². The summed E-state index contributed by atoms with van der Waals surface area (Å²) in [5.74, 6) is 1.55. The van der Waals surface area contributed by atoms with Crippen LogP contribution in [0.15, 0.2) is 36.9 Å². The van der Waals surface area contributed by atoms with Crippen LogP contribution in [0.2, 0.25) is 0 Å². The topological polar surface area (TPSA) is 38.1 Å². The van der Waals surface area contributed by atoms with Gasteiger partial charge in [0.05, 0.1) is 11.0 Å². The highest BCUT2D eigenvalue weighted by Crippen LogP contribution is 2.34. The molecule has 2 aliphatic rings. The molecule has 2 fully saturated rings. The maximum Gasteiger partial charge on any atom is 0.223 e. The second-order valence-corrected chi connectivity index (χ2v) is 7.10. The van der Waals surface area contributed by atoms with Gasteiger partial charge in [0.15, 0.2) is 0 Å². The van der Waals surface area contributed by atoms with E-state index in [1.165, 1.54) is 32.1 Å². The summed E-state index contributed by atoms with van der Waals surface area (Å²) in [7, 11) is 0. The van der Waals surface area contributed by atoms with Crippen LogP contribution in [-0.2, 0) is 11.3 Å². The summed E-state index contributed by atoms with van der Waals surface area (Å²) in [6, 6.07) is 8.67. The lowest BCUT2D eigenvalue weighted by atomic mass is 9.94. The number of likely N-dealkylation sites (tertiary alicyclic amines) is 1. The van der Waals surface area contributed by atoms with Crippen LogP contribution < -0.4 is 0 Å². The van der Waals surface area contributed by atoms with Gasteiger partial charge in [0.25, 0.3) is 0 Å². The lowest BCUT2D eigenvalue weighted by Gasteiger charge is -2.31. The summed E-state index contributed by atoms with van der Waals surface area (Å²) < 4.78 is 2.23. The van der Waals surface area contributed by atoms with E-state index in [0.717, 1.165) is 29.9 Å². The third-order valence-corrected chi connectivity index (χ3v) is 5.53. The van der Waals surface area contributed by atoms with Crippen molar-refractivity contribution in [3.05, 3.63) is 42.7 Å². The number of nitrogens with zero attached hydrogens (tertiary/aromatic N) is 3. The van der Waals surface area contributed by atoms with Crippen LogP contribution >= 0.6 is 0 Å². The molecule has 24 heavy (non-hydrogen) atoms. The van der Waals surface area contributed by atoms with Gasteiger partial charge in [0.2, 0.25) is 5.91 Å². The van der Waals surface area contributed by atoms with Crippen LogP contribution in [0.4, 0.5) is 0 Å². The van der Waals surface area contributed by atoms with E-state index in [4.69, 9.17) is 4.98 Å². The van der Waals surface area contributed by atoms with Crippen molar-refractivity contribution in [2.24, 2.45) is 0 Å². The van der Waals surface area contributed by atoms with Crippen molar-refractivity contribution < 1.29 is 4.79 Å². The van der Waals surface area contributed by atoms with Crippen molar-refractivity contribution in [3.63, 3.8) is 0 Å². The van der Waals surface area contributed by atoms with Crippen LogP contribution in [0, 0.1) is 0 Å². The normalized spacial score (nSPS) is 22.4. The maximum atomic E-state index is 12.6. The van der Waals surface area contributed by atoms with Gasteiger partial charge in [-0.05, 0) is 25.0 Å². The first-order chi connectivity index (χ1) is 11.8. The number of benzene rings is 1. The number of allylic oxidation sites excluding steroid dienone is 1. The number of imidazole rings is 1. The Morgan fingerprint density at radius 3 is 2.79 bits per heavy atom. The lowest BCUT2D eigenvalue weighted by molar-refractivity contribution is -0.130. The lowest BCUT2D eigenvalue weighted by Crippen LogP contribution is -2.37. The second kappa shape index (κ2) is 6.42. The first-order valence-electron chi connectivity index (χ1n) is 9.13. The van der Waals surface area contributed by atoms with Gasteiger partial charge in [0.1, 0.15) is 5.82 Å². The number of carbonyl (C=O) groups is 1.